The number of aliphatic hydroxyl groups excluding tert-OH is 1. The fourth-order valence-electron chi connectivity index (χ4n) is 1.95. The minimum atomic E-state index is -1.07. The number of anilines is 1. The molecule has 7 nitrogen and oxygen atoms in total. The van der Waals surface area contributed by atoms with Crippen LogP contribution in [0.15, 0.2) is 6.20 Å². The third kappa shape index (κ3) is 1.94. The number of aliphatic hydroxyl groups is 1. The third-order valence-electron chi connectivity index (χ3n) is 2.72. The Bertz CT molecular complexity index is 476. The lowest BCUT2D eigenvalue weighted by Crippen LogP contribution is -2.37. The summed E-state index contributed by atoms with van der Waals surface area (Å²) in [6, 6.07) is 1.85. The summed E-state index contributed by atoms with van der Waals surface area (Å²) in [5, 5.41) is 31.4. The van der Waals surface area contributed by atoms with Crippen molar-refractivity contribution in [2.75, 3.05) is 11.4 Å². The van der Waals surface area contributed by atoms with Gasteiger partial charge in [-0.3, -0.25) is 4.90 Å². The molecule has 2 rings (SSSR count). The van der Waals surface area contributed by atoms with Crippen molar-refractivity contribution in [1.29, 1.82) is 5.26 Å². The van der Waals surface area contributed by atoms with Crippen LogP contribution in [0.1, 0.15) is 24.5 Å². The summed E-state index contributed by atoms with van der Waals surface area (Å²) >= 11 is 0. The molecule has 1 aromatic heterocycles. The Morgan fingerprint density at radius 2 is 2.41 bits per heavy atom. The molecule has 1 unspecified atom stereocenters. The second-order valence-electron chi connectivity index (χ2n) is 3.81. The van der Waals surface area contributed by atoms with Crippen LogP contribution in [0, 0.1) is 11.3 Å². The molecule has 0 radical (unpaired) electrons. The van der Waals surface area contributed by atoms with Crippen LogP contribution in [0.2, 0.25) is 0 Å². The van der Waals surface area contributed by atoms with Crippen molar-refractivity contribution in [2.45, 2.75) is 25.5 Å². The van der Waals surface area contributed by atoms with Crippen molar-refractivity contribution in [3.63, 3.8) is 0 Å². The maximum absolute atomic E-state index is 11.1. The van der Waals surface area contributed by atoms with E-state index in [1.165, 1.54) is 6.20 Å². The second kappa shape index (κ2) is 4.43. The summed E-state index contributed by atoms with van der Waals surface area (Å²) in [5.41, 5.74) is 0.397. The quantitative estimate of drug-likeness (QED) is 0.787. The molecule has 0 fully saturated rings. The maximum atomic E-state index is 11.1. The molecular formula is C10H12N4O3. The van der Waals surface area contributed by atoms with Crippen LogP contribution >= 0.6 is 0 Å². The largest absolute Gasteiger partial charge is 0.465 e. The van der Waals surface area contributed by atoms with Crippen molar-refractivity contribution in [3.05, 3.63) is 11.8 Å². The van der Waals surface area contributed by atoms with Crippen molar-refractivity contribution in [1.82, 2.24) is 9.78 Å². The van der Waals surface area contributed by atoms with E-state index in [4.69, 9.17) is 10.4 Å². The van der Waals surface area contributed by atoms with Gasteiger partial charge in [-0.05, 0) is 6.42 Å². The molecule has 1 aromatic rings. The predicted octanol–water partition coefficient (Wildman–Crippen LogP) is 0.718. The number of nitriles is 1. The molecule has 0 spiro atoms. The van der Waals surface area contributed by atoms with Crippen LogP contribution in [0.25, 0.3) is 0 Å². The first kappa shape index (κ1) is 11.4. The molecule has 2 N–H and O–H groups in total. The Hall–Kier alpha value is -2.07. The van der Waals surface area contributed by atoms with Crippen molar-refractivity contribution >= 4 is 11.9 Å². The molecule has 0 bridgehead atoms. The summed E-state index contributed by atoms with van der Waals surface area (Å²) in [6.07, 6.45) is -0.0277. The molecular weight excluding hydrogens is 224 g/mol. The number of hydrogen-bond acceptors (Lipinski definition) is 4. The number of carbonyl (C=O) groups is 1. The SMILES string of the molecule is N#CCC(O)c1cnn2c1N(C(=O)O)CCC2. The molecule has 7 heteroatoms. The number of fused-ring (bicyclic) bond motifs is 1. The molecule has 0 aliphatic carbocycles. The Kier molecular flexibility index (Phi) is 2.97. The minimum Gasteiger partial charge on any atom is -0.465 e. The highest BCUT2D eigenvalue weighted by atomic mass is 16.4. The number of hydrogen-bond donors (Lipinski definition) is 2. The third-order valence-corrected chi connectivity index (χ3v) is 2.72. The highest BCUT2D eigenvalue weighted by Crippen LogP contribution is 2.30. The van der Waals surface area contributed by atoms with E-state index in [1.54, 1.807) is 4.68 Å². The fourth-order valence-corrected chi connectivity index (χ4v) is 1.95. The summed E-state index contributed by atoms with van der Waals surface area (Å²) in [6.45, 7) is 1.01. The standard InChI is InChI=1S/C10H12N4O3/c11-3-2-8(15)7-6-12-14-5-1-4-13(9(7)14)10(16)17/h6,8,15H,1-2,4-5H2,(H,16,17). The van der Waals surface area contributed by atoms with Gasteiger partial charge in [-0.15, -0.1) is 0 Å². The smallest absolute Gasteiger partial charge is 0.413 e. The van der Waals surface area contributed by atoms with Crippen LogP contribution in [0.4, 0.5) is 10.6 Å². The van der Waals surface area contributed by atoms with Gasteiger partial charge >= 0.3 is 6.09 Å². The zero-order chi connectivity index (χ0) is 12.4. The van der Waals surface area contributed by atoms with Crippen LogP contribution in [-0.4, -0.2) is 32.6 Å². The molecule has 0 aromatic carbocycles. The zero-order valence-corrected chi connectivity index (χ0v) is 9.07. The number of aryl methyl sites for hydroxylation is 1. The number of aromatic nitrogens is 2. The molecule has 1 aliphatic heterocycles. The van der Waals surface area contributed by atoms with Crippen molar-refractivity contribution in [3.8, 4) is 6.07 Å². The predicted molar refractivity (Wildman–Crippen MR) is 57.4 cm³/mol. The second-order valence-corrected chi connectivity index (χ2v) is 3.81. The number of rotatable bonds is 2. The Labute approximate surface area is 97.5 Å². The van der Waals surface area contributed by atoms with E-state index in [0.29, 0.717) is 30.9 Å². The maximum Gasteiger partial charge on any atom is 0.413 e. The number of carboxylic acid groups (broad SMARTS) is 1. The number of amides is 1. The first-order valence-electron chi connectivity index (χ1n) is 5.26. The molecule has 1 amide bonds. The van der Waals surface area contributed by atoms with Crippen LogP contribution in [-0.2, 0) is 6.54 Å². The summed E-state index contributed by atoms with van der Waals surface area (Å²) in [7, 11) is 0. The Morgan fingerprint density at radius 1 is 1.65 bits per heavy atom. The van der Waals surface area contributed by atoms with Gasteiger partial charge in [0.05, 0.1) is 24.8 Å². The minimum absolute atomic E-state index is 0.0772. The van der Waals surface area contributed by atoms with E-state index in [0.717, 1.165) is 4.90 Å². The highest BCUT2D eigenvalue weighted by molar-refractivity contribution is 5.86. The van der Waals surface area contributed by atoms with Gasteiger partial charge in [-0.1, -0.05) is 0 Å². The van der Waals surface area contributed by atoms with E-state index in [-0.39, 0.29) is 6.42 Å². The van der Waals surface area contributed by atoms with Gasteiger partial charge in [-0.2, -0.15) is 10.4 Å². The average molecular weight is 236 g/mol. The van der Waals surface area contributed by atoms with Gasteiger partial charge in [0.15, 0.2) is 0 Å². The summed E-state index contributed by atoms with van der Waals surface area (Å²) in [5.74, 6) is 0.381. The van der Waals surface area contributed by atoms with Gasteiger partial charge < -0.3 is 10.2 Å². The molecule has 17 heavy (non-hydrogen) atoms. The molecule has 0 saturated carbocycles. The van der Waals surface area contributed by atoms with Crippen LogP contribution in [0.5, 0.6) is 0 Å². The summed E-state index contributed by atoms with van der Waals surface area (Å²) in [4.78, 5) is 12.2. The average Bonchev–Trinajstić information content (AvgIpc) is 2.72. The monoisotopic (exact) mass is 236 g/mol. The normalized spacial score (nSPS) is 16.1. The lowest BCUT2D eigenvalue weighted by molar-refractivity contribution is 0.182. The Morgan fingerprint density at radius 3 is 3.06 bits per heavy atom. The van der Waals surface area contributed by atoms with Gasteiger partial charge in [0, 0.05) is 18.7 Å². The van der Waals surface area contributed by atoms with Gasteiger partial charge in [0.25, 0.3) is 0 Å². The van der Waals surface area contributed by atoms with Crippen molar-refractivity contribution < 1.29 is 15.0 Å². The lowest BCUT2D eigenvalue weighted by atomic mass is 10.1. The van der Waals surface area contributed by atoms with E-state index < -0.39 is 12.2 Å². The number of nitrogens with zero attached hydrogens (tertiary/aromatic N) is 4. The van der Waals surface area contributed by atoms with E-state index in [2.05, 4.69) is 5.10 Å². The molecule has 90 valence electrons. The summed E-state index contributed by atoms with van der Waals surface area (Å²) < 4.78 is 1.55. The fraction of sp³-hybridized carbons (Fsp3) is 0.500. The van der Waals surface area contributed by atoms with Gasteiger partial charge in [0.2, 0.25) is 0 Å². The highest BCUT2D eigenvalue weighted by Gasteiger charge is 2.28. The zero-order valence-electron chi connectivity index (χ0n) is 9.07. The van der Waals surface area contributed by atoms with E-state index >= 15 is 0 Å². The van der Waals surface area contributed by atoms with Gasteiger partial charge in [0.1, 0.15) is 5.82 Å². The topological polar surface area (TPSA) is 102 Å². The van der Waals surface area contributed by atoms with E-state index in [1.807, 2.05) is 6.07 Å². The molecule has 1 atom stereocenters. The van der Waals surface area contributed by atoms with E-state index in [9.17, 15) is 9.90 Å². The van der Waals surface area contributed by atoms with Gasteiger partial charge in [-0.25, -0.2) is 9.48 Å². The molecule has 1 aliphatic rings. The molecule has 0 saturated heterocycles. The lowest BCUT2D eigenvalue weighted by Gasteiger charge is -2.26. The van der Waals surface area contributed by atoms with Crippen molar-refractivity contribution in [2.24, 2.45) is 0 Å². The van der Waals surface area contributed by atoms with Crippen LogP contribution < -0.4 is 4.90 Å². The Balaban J connectivity index is 2.40. The van der Waals surface area contributed by atoms with Crippen LogP contribution in [0.3, 0.4) is 0 Å². The first-order valence-corrected chi connectivity index (χ1v) is 5.26. The first-order chi connectivity index (χ1) is 8.15. The molecule has 2 heterocycles.